The van der Waals surface area contributed by atoms with Crippen molar-refractivity contribution in [1.82, 2.24) is 25.6 Å². The highest BCUT2D eigenvalue weighted by atomic mass is 15.4. The van der Waals surface area contributed by atoms with E-state index in [-0.39, 0.29) is 0 Å². The molecule has 0 radical (unpaired) electrons. The lowest BCUT2D eigenvalue weighted by molar-refractivity contribution is 0.334. The lowest BCUT2D eigenvalue weighted by atomic mass is 9.98. The molecular weight excluding hydrogens is 875 g/mol. The third-order valence-corrected chi connectivity index (χ3v) is 15.4. The molecule has 11 nitrogen and oxygen atoms in total. The quantitative estimate of drug-likeness (QED) is 0.104. The molecule has 71 heavy (non-hydrogen) atoms. The van der Waals surface area contributed by atoms with Crippen LogP contribution in [0.5, 0.6) is 0 Å². The minimum absolute atomic E-state index is 0.605. The summed E-state index contributed by atoms with van der Waals surface area (Å²) in [5, 5.41) is 24.4. The molecule has 5 N–H and O–H groups in total. The van der Waals surface area contributed by atoms with Gasteiger partial charge in [0.1, 0.15) is 45.3 Å². The van der Waals surface area contributed by atoms with Crippen molar-refractivity contribution in [3.05, 3.63) is 237 Å². The first-order valence-electron chi connectivity index (χ1n) is 24.1. The maximum absolute atomic E-state index is 5.90. The van der Waals surface area contributed by atoms with Crippen LogP contribution in [0.1, 0.15) is 34.6 Å². The van der Waals surface area contributed by atoms with E-state index < -0.39 is 23.9 Å². The summed E-state index contributed by atoms with van der Waals surface area (Å²) in [5.41, 5.74) is 7.61. The van der Waals surface area contributed by atoms with Crippen LogP contribution >= 0.6 is 0 Å². The van der Waals surface area contributed by atoms with E-state index in [0.29, 0.717) is 32.9 Å². The van der Waals surface area contributed by atoms with Gasteiger partial charge >= 0.3 is 0 Å². The number of aromatic amines is 3. The van der Waals surface area contributed by atoms with Crippen molar-refractivity contribution in [3.8, 4) is 0 Å². The van der Waals surface area contributed by atoms with Crippen molar-refractivity contribution < 1.29 is 0 Å². The van der Waals surface area contributed by atoms with Crippen LogP contribution in [0, 0.1) is 0 Å². The molecule has 2 spiro atoms. The van der Waals surface area contributed by atoms with E-state index in [2.05, 4.69) is 208 Å². The summed E-state index contributed by atoms with van der Waals surface area (Å²) in [6.07, 6.45) is -1.21. The van der Waals surface area contributed by atoms with Crippen LogP contribution in [0.3, 0.4) is 0 Å². The summed E-state index contributed by atoms with van der Waals surface area (Å²) in [4.78, 5) is 46.4. The minimum atomic E-state index is -1.43. The lowest BCUT2D eigenvalue weighted by Crippen LogP contribution is -2.41. The second kappa shape index (κ2) is 13.3. The Bertz CT molecular complexity index is 4700. The average Bonchev–Trinajstić information content (AvgIpc) is 4.16. The molecule has 3 aromatic heterocycles. The van der Waals surface area contributed by atoms with Crippen molar-refractivity contribution in [2.45, 2.75) is 23.9 Å². The average molecular weight is 912 g/mol. The fraction of sp³-hybridized carbons (Fsp3) is 0.0667. The van der Waals surface area contributed by atoms with Crippen LogP contribution in [-0.2, 0) is 11.6 Å². The van der Waals surface area contributed by atoms with E-state index in [0.717, 1.165) is 108 Å². The monoisotopic (exact) mass is 911 g/mol. The Hall–Kier alpha value is -9.16. The first kappa shape index (κ1) is 37.8. The van der Waals surface area contributed by atoms with E-state index in [1.165, 1.54) is 0 Å². The third-order valence-electron chi connectivity index (χ3n) is 15.4. The Kier molecular flexibility index (Phi) is 7.09. The van der Waals surface area contributed by atoms with Crippen molar-refractivity contribution in [2.75, 3.05) is 0 Å². The number of H-pyrrole nitrogens is 3. The maximum Gasteiger partial charge on any atom is 0.237 e. The van der Waals surface area contributed by atoms with Crippen LogP contribution in [0.15, 0.2) is 212 Å². The third kappa shape index (κ3) is 5.27. The topological polar surface area (TPSA) is 146 Å². The van der Waals surface area contributed by atoms with Crippen molar-refractivity contribution in [1.29, 1.82) is 0 Å². The molecule has 0 aliphatic carbocycles. The number of aromatic nitrogens is 3. The van der Waals surface area contributed by atoms with Gasteiger partial charge in [0.2, 0.25) is 11.6 Å². The predicted octanol–water partition coefficient (Wildman–Crippen LogP) is 8.87. The standard InChI is InChI=1S/C60H37N11/c1-3-13-33-23-43-41(21-31(33)11-1)51-61-53(43)66-59-50-30-40-20-10-8-18-38(40)28-48(50)58(71-59)64-52-42-22-32-12-2-4-14-34(32)24-44(42)54(62-52)67-60(49-29-39-19-9-7-17-37(39)27-47(49)57(63-51)70-60)69-56-46-26-36-16-6-5-15-35(36)25-45(46)55(65-56)68-59/h1-30,57-58,70-71H,(H,61,63,66)(H,62,64,67)(H,65,68,69). The molecule has 4 atom stereocenters. The number of benzene rings is 10. The largest absolute Gasteiger partial charge is 0.324 e. The number of nitrogens with one attached hydrogen (secondary N) is 5. The van der Waals surface area contributed by atoms with Crippen LogP contribution < -0.4 is 43.6 Å². The van der Waals surface area contributed by atoms with E-state index in [4.69, 9.17) is 30.0 Å². The molecule has 13 aromatic rings. The fourth-order valence-corrected chi connectivity index (χ4v) is 12.0. The normalized spacial score (nSPS) is 23.7. The van der Waals surface area contributed by atoms with Crippen molar-refractivity contribution >= 4 is 86.2 Å². The second-order valence-corrected chi connectivity index (χ2v) is 19.4. The Morgan fingerprint density at radius 3 is 0.817 bits per heavy atom. The molecule has 10 aromatic carbocycles. The Labute approximate surface area is 401 Å². The molecule has 4 aliphatic heterocycles. The molecule has 4 unspecified atom stereocenters. The van der Waals surface area contributed by atoms with E-state index in [1.54, 1.807) is 0 Å². The van der Waals surface area contributed by atoms with Gasteiger partial charge in [-0.15, -0.1) is 0 Å². The summed E-state index contributed by atoms with van der Waals surface area (Å²) in [6, 6.07) is 64.6. The molecule has 0 amide bonds. The zero-order chi connectivity index (χ0) is 46.2. The maximum atomic E-state index is 5.90. The van der Waals surface area contributed by atoms with Crippen LogP contribution in [0.2, 0.25) is 0 Å². The molecule has 10 bridgehead atoms. The highest BCUT2D eigenvalue weighted by Crippen LogP contribution is 2.44. The smallest absolute Gasteiger partial charge is 0.237 e. The van der Waals surface area contributed by atoms with Crippen LogP contribution in [0.4, 0.5) is 0 Å². The number of fused-ring (bicyclic) bond motifs is 22. The molecule has 7 heterocycles. The molecule has 0 fully saturated rings. The van der Waals surface area contributed by atoms with Gasteiger partial charge in [-0.1, -0.05) is 121 Å². The number of rotatable bonds is 0. The summed E-state index contributed by atoms with van der Waals surface area (Å²) in [6.45, 7) is 0. The van der Waals surface area contributed by atoms with E-state index in [9.17, 15) is 0 Å². The minimum Gasteiger partial charge on any atom is -0.324 e. The lowest BCUT2D eigenvalue weighted by Gasteiger charge is -2.22. The molecular formula is C60H37N11. The SMILES string of the molecule is c1ccc2cc3c(cc2c1)C1/N=c2\[nH]/c(c4cc5ccccc5cc24)=N\C24/N=c5\[nH]/c(c6cc7ccccc7cc56)=N\C3(/N=c3\[nH]/c(c5cc6ccccc6cc35)=N\C(N2)c2cc3ccccc3cc24)N1. The zero-order valence-corrected chi connectivity index (χ0v) is 37.7. The molecule has 11 heteroatoms. The van der Waals surface area contributed by atoms with Crippen LogP contribution in [-0.4, -0.2) is 15.0 Å². The fourth-order valence-electron chi connectivity index (χ4n) is 12.0. The van der Waals surface area contributed by atoms with Gasteiger partial charge in [-0.3, -0.25) is 0 Å². The van der Waals surface area contributed by atoms with E-state index >= 15 is 0 Å². The molecule has 332 valence electrons. The van der Waals surface area contributed by atoms with Gasteiger partial charge in [0.15, 0.2) is 0 Å². The van der Waals surface area contributed by atoms with Gasteiger partial charge in [0, 0.05) is 54.6 Å². The van der Waals surface area contributed by atoms with Gasteiger partial charge in [-0.05, 0) is 115 Å². The summed E-state index contributed by atoms with van der Waals surface area (Å²) in [5.74, 6) is -2.86. The Morgan fingerprint density at radius 1 is 0.282 bits per heavy atom. The first-order chi connectivity index (χ1) is 35.0. The number of hydrogen-bond acceptors (Lipinski definition) is 8. The first-order valence-corrected chi connectivity index (χ1v) is 24.1. The van der Waals surface area contributed by atoms with Gasteiger partial charge in [0.05, 0.1) is 0 Å². The van der Waals surface area contributed by atoms with Gasteiger partial charge < -0.3 is 15.0 Å². The highest BCUT2D eigenvalue weighted by molar-refractivity contribution is 6.00. The van der Waals surface area contributed by atoms with Gasteiger partial charge in [0.25, 0.3) is 0 Å². The molecule has 0 saturated carbocycles. The van der Waals surface area contributed by atoms with Crippen LogP contribution in [0.25, 0.3) is 86.2 Å². The molecule has 17 rings (SSSR count). The number of nitrogens with zero attached hydrogens (tertiary/aromatic N) is 6. The van der Waals surface area contributed by atoms with Crippen molar-refractivity contribution in [2.24, 2.45) is 30.0 Å². The number of hydrogen-bond donors (Lipinski definition) is 5. The summed E-state index contributed by atoms with van der Waals surface area (Å²) < 4.78 is 0. The molecule has 0 saturated heterocycles. The Morgan fingerprint density at radius 2 is 0.521 bits per heavy atom. The van der Waals surface area contributed by atoms with E-state index in [1.807, 2.05) is 0 Å². The highest BCUT2D eigenvalue weighted by Gasteiger charge is 2.47. The second-order valence-electron chi connectivity index (χ2n) is 19.4. The van der Waals surface area contributed by atoms with Gasteiger partial charge in [-0.2, -0.15) is 0 Å². The van der Waals surface area contributed by atoms with Crippen molar-refractivity contribution in [3.63, 3.8) is 0 Å². The predicted molar refractivity (Wildman–Crippen MR) is 277 cm³/mol. The zero-order valence-electron chi connectivity index (χ0n) is 37.7. The molecule has 4 aliphatic rings. The van der Waals surface area contributed by atoms with Gasteiger partial charge in [-0.25, -0.2) is 40.6 Å². The summed E-state index contributed by atoms with van der Waals surface area (Å²) >= 11 is 0. The summed E-state index contributed by atoms with van der Waals surface area (Å²) in [7, 11) is 0. The Balaban J connectivity index is 1.15.